The number of hydrogen-bond acceptors (Lipinski definition) is 2. The number of fused-ring (bicyclic) bond motifs is 1. The van der Waals surface area contributed by atoms with E-state index in [-0.39, 0.29) is 5.91 Å². The van der Waals surface area contributed by atoms with Gasteiger partial charge in [0.05, 0.1) is 0 Å². The second-order valence-electron chi connectivity index (χ2n) is 5.51. The summed E-state index contributed by atoms with van der Waals surface area (Å²) in [6.07, 6.45) is 1.72. The summed E-state index contributed by atoms with van der Waals surface area (Å²) in [5.41, 5.74) is 3.92. The second kappa shape index (κ2) is 5.42. The van der Waals surface area contributed by atoms with Crippen molar-refractivity contribution < 1.29 is 4.79 Å². The van der Waals surface area contributed by atoms with Crippen LogP contribution in [0.3, 0.4) is 0 Å². The number of benzene rings is 1. The molecular weight excluding hydrogens is 224 g/mol. The maximum Gasteiger partial charge on any atom is 0.220 e. The van der Waals surface area contributed by atoms with E-state index in [1.54, 1.807) is 0 Å². The summed E-state index contributed by atoms with van der Waals surface area (Å²) in [7, 11) is 2.12. The molecule has 1 aliphatic rings. The van der Waals surface area contributed by atoms with Gasteiger partial charge in [-0.05, 0) is 29.5 Å². The van der Waals surface area contributed by atoms with Crippen LogP contribution >= 0.6 is 0 Å². The topological polar surface area (TPSA) is 32.3 Å². The Hall–Kier alpha value is -1.51. The minimum atomic E-state index is 0.141. The van der Waals surface area contributed by atoms with Crippen molar-refractivity contribution in [1.29, 1.82) is 0 Å². The predicted molar refractivity (Wildman–Crippen MR) is 74.7 cm³/mol. The summed E-state index contributed by atoms with van der Waals surface area (Å²) in [6.45, 7) is 5.86. The number of rotatable bonds is 4. The highest BCUT2D eigenvalue weighted by atomic mass is 16.1. The number of nitrogens with one attached hydrogen (secondary N) is 1. The van der Waals surface area contributed by atoms with E-state index in [0.29, 0.717) is 18.9 Å². The van der Waals surface area contributed by atoms with Gasteiger partial charge in [-0.2, -0.15) is 0 Å². The summed E-state index contributed by atoms with van der Waals surface area (Å²) < 4.78 is 0. The molecule has 3 heteroatoms. The van der Waals surface area contributed by atoms with E-state index in [1.165, 1.54) is 16.8 Å². The van der Waals surface area contributed by atoms with E-state index in [1.807, 2.05) is 0 Å². The van der Waals surface area contributed by atoms with Crippen LogP contribution in [0, 0.1) is 5.92 Å². The van der Waals surface area contributed by atoms with Gasteiger partial charge in [0.2, 0.25) is 5.91 Å². The van der Waals surface area contributed by atoms with Gasteiger partial charge in [-0.3, -0.25) is 4.79 Å². The Morgan fingerprint density at radius 3 is 2.94 bits per heavy atom. The molecule has 1 amide bonds. The van der Waals surface area contributed by atoms with Gasteiger partial charge in [-0.15, -0.1) is 0 Å². The number of nitrogens with zero attached hydrogens (tertiary/aromatic N) is 1. The van der Waals surface area contributed by atoms with Gasteiger partial charge in [0.15, 0.2) is 0 Å². The molecule has 0 spiro atoms. The van der Waals surface area contributed by atoms with Crippen molar-refractivity contribution >= 4 is 11.6 Å². The normalized spacial score (nSPS) is 13.9. The van der Waals surface area contributed by atoms with Gasteiger partial charge < -0.3 is 10.2 Å². The summed E-state index contributed by atoms with van der Waals surface area (Å²) in [5, 5.41) is 2.98. The van der Waals surface area contributed by atoms with Crippen LogP contribution in [0.15, 0.2) is 18.2 Å². The lowest BCUT2D eigenvalue weighted by Gasteiger charge is -2.12. The number of anilines is 1. The fraction of sp³-hybridized carbons (Fsp3) is 0.533. The zero-order valence-electron chi connectivity index (χ0n) is 11.5. The van der Waals surface area contributed by atoms with Crippen LogP contribution in [0.4, 0.5) is 5.69 Å². The maximum absolute atomic E-state index is 11.6. The van der Waals surface area contributed by atoms with Crippen LogP contribution in [-0.2, 0) is 17.8 Å². The molecule has 0 aromatic heterocycles. The molecule has 98 valence electrons. The molecule has 1 aromatic carbocycles. The van der Waals surface area contributed by atoms with Crippen LogP contribution in [0.25, 0.3) is 0 Å². The molecule has 0 saturated heterocycles. The highest BCUT2D eigenvalue weighted by molar-refractivity contribution is 5.76. The lowest BCUT2D eigenvalue weighted by molar-refractivity contribution is -0.121. The monoisotopic (exact) mass is 246 g/mol. The number of carbonyl (C=O) groups excluding carboxylic acids is 1. The molecule has 0 aliphatic carbocycles. The molecule has 1 aliphatic heterocycles. The first-order chi connectivity index (χ1) is 8.56. The Morgan fingerprint density at radius 2 is 2.22 bits per heavy atom. The second-order valence-corrected chi connectivity index (χ2v) is 5.51. The summed E-state index contributed by atoms with van der Waals surface area (Å²) in [5.74, 6) is 0.557. The standard InChI is InChI=1S/C15H22N2O/c1-11(2)8-15(18)16-10-12-4-5-14-13(9-12)6-7-17(14)3/h4-5,9,11H,6-8,10H2,1-3H3,(H,16,18). The fourth-order valence-electron chi connectivity index (χ4n) is 2.37. The largest absolute Gasteiger partial charge is 0.374 e. The summed E-state index contributed by atoms with van der Waals surface area (Å²) in [6, 6.07) is 6.48. The van der Waals surface area contributed by atoms with Gasteiger partial charge in [-0.1, -0.05) is 26.0 Å². The smallest absolute Gasteiger partial charge is 0.220 e. The fourth-order valence-corrected chi connectivity index (χ4v) is 2.37. The van der Waals surface area contributed by atoms with Gasteiger partial charge in [0.1, 0.15) is 0 Å². The molecule has 0 bridgehead atoms. The lowest BCUT2D eigenvalue weighted by Crippen LogP contribution is -2.23. The van der Waals surface area contributed by atoms with E-state index in [0.717, 1.165) is 13.0 Å². The first-order valence-corrected chi connectivity index (χ1v) is 6.66. The van der Waals surface area contributed by atoms with Gasteiger partial charge in [0, 0.05) is 32.2 Å². The number of carbonyl (C=O) groups is 1. The third-order valence-corrected chi connectivity index (χ3v) is 3.36. The Kier molecular flexibility index (Phi) is 3.90. The van der Waals surface area contributed by atoms with Crippen molar-refractivity contribution in [2.24, 2.45) is 5.92 Å². The van der Waals surface area contributed by atoms with Crippen molar-refractivity contribution in [1.82, 2.24) is 5.32 Å². The number of likely N-dealkylation sites (N-methyl/N-ethyl adjacent to an activating group) is 1. The van der Waals surface area contributed by atoms with Crippen molar-refractivity contribution in [2.75, 3.05) is 18.5 Å². The van der Waals surface area contributed by atoms with E-state index in [4.69, 9.17) is 0 Å². The average molecular weight is 246 g/mol. The van der Waals surface area contributed by atoms with Gasteiger partial charge in [0.25, 0.3) is 0 Å². The highest BCUT2D eigenvalue weighted by Gasteiger charge is 2.15. The molecule has 1 heterocycles. The zero-order valence-corrected chi connectivity index (χ0v) is 11.5. The highest BCUT2D eigenvalue weighted by Crippen LogP contribution is 2.27. The Morgan fingerprint density at radius 1 is 1.44 bits per heavy atom. The number of amides is 1. The number of hydrogen-bond donors (Lipinski definition) is 1. The molecule has 18 heavy (non-hydrogen) atoms. The van der Waals surface area contributed by atoms with Gasteiger partial charge in [-0.25, -0.2) is 0 Å². The summed E-state index contributed by atoms with van der Waals surface area (Å²) in [4.78, 5) is 13.9. The minimum absolute atomic E-state index is 0.141. The van der Waals surface area contributed by atoms with Crippen molar-refractivity contribution in [3.8, 4) is 0 Å². The average Bonchev–Trinajstić information content (AvgIpc) is 2.67. The zero-order chi connectivity index (χ0) is 13.1. The Bertz CT molecular complexity index is 440. The van der Waals surface area contributed by atoms with Crippen LogP contribution in [0.5, 0.6) is 0 Å². The minimum Gasteiger partial charge on any atom is -0.374 e. The van der Waals surface area contributed by atoms with Gasteiger partial charge >= 0.3 is 0 Å². The molecule has 3 nitrogen and oxygen atoms in total. The molecule has 0 fully saturated rings. The Balaban J connectivity index is 1.93. The third-order valence-electron chi connectivity index (χ3n) is 3.36. The predicted octanol–water partition coefficient (Wildman–Crippen LogP) is 2.34. The molecular formula is C15H22N2O. The molecule has 0 radical (unpaired) electrons. The molecule has 0 unspecified atom stereocenters. The SMILES string of the molecule is CC(C)CC(=O)NCc1ccc2c(c1)CCN2C. The molecule has 0 atom stereocenters. The lowest BCUT2D eigenvalue weighted by atomic mass is 10.1. The van der Waals surface area contributed by atoms with E-state index >= 15 is 0 Å². The third kappa shape index (κ3) is 3.03. The quantitative estimate of drug-likeness (QED) is 0.884. The van der Waals surface area contributed by atoms with Crippen molar-refractivity contribution in [3.63, 3.8) is 0 Å². The van der Waals surface area contributed by atoms with Crippen LogP contribution in [0.2, 0.25) is 0 Å². The van der Waals surface area contributed by atoms with Crippen molar-refractivity contribution in [2.45, 2.75) is 33.2 Å². The van der Waals surface area contributed by atoms with E-state index in [9.17, 15) is 4.79 Å². The van der Waals surface area contributed by atoms with E-state index in [2.05, 4.69) is 49.3 Å². The van der Waals surface area contributed by atoms with Crippen LogP contribution in [0.1, 0.15) is 31.4 Å². The molecule has 0 saturated carbocycles. The maximum atomic E-state index is 11.6. The first kappa shape index (κ1) is 12.9. The molecule has 1 aromatic rings. The first-order valence-electron chi connectivity index (χ1n) is 6.66. The summed E-state index contributed by atoms with van der Waals surface area (Å²) >= 11 is 0. The Labute approximate surface area is 109 Å². The molecule has 2 rings (SSSR count). The van der Waals surface area contributed by atoms with Crippen molar-refractivity contribution in [3.05, 3.63) is 29.3 Å². The van der Waals surface area contributed by atoms with Crippen LogP contribution in [-0.4, -0.2) is 19.5 Å². The van der Waals surface area contributed by atoms with Crippen LogP contribution < -0.4 is 10.2 Å². The van der Waals surface area contributed by atoms with E-state index < -0.39 is 0 Å². The molecule has 1 N–H and O–H groups in total.